The van der Waals surface area contributed by atoms with Crippen LogP contribution in [0, 0.1) is 6.92 Å². The van der Waals surface area contributed by atoms with E-state index in [0.717, 1.165) is 22.8 Å². The highest BCUT2D eigenvalue weighted by Gasteiger charge is 2.13. The molecular weight excluding hydrogens is 308 g/mol. The van der Waals surface area contributed by atoms with Crippen LogP contribution >= 0.6 is 24.2 Å². The number of nitrogens with one attached hydrogen (secondary N) is 1. The molecule has 4 nitrogen and oxygen atoms in total. The number of carbonyl (C=O) groups is 1. The molecule has 1 rings (SSSR count). The molecule has 6 heteroatoms. The Morgan fingerprint density at radius 2 is 2.10 bits per heavy atom. The fraction of sp³-hybridized carbons (Fsp3) is 0.533. The second kappa shape index (κ2) is 9.92. The second-order valence-electron chi connectivity index (χ2n) is 5.02. The highest BCUT2D eigenvalue weighted by Crippen LogP contribution is 2.23. The van der Waals surface area contributed by atoms with E-state index in [2.05, 4.69) is 5.32 Å². The van der Waals surface area contributed by atoms with Crippen molar-refractivity contribution in [2.45, 2.75) is 39.3 Å². The molecule has 1 aromatic rings. The number of carbonyl (C=O) groups excluding carboxylic acids is 1. The molecule has 120 valence electrons. The number of anilines is 1. The fourth-order valence-electron chi connectivity index (χ4n) is 1.72. The molecular formula is C15H25ClN2O2S. The maximum Gasteiger partial charge on any atom is 0.241 e. The second-order valence-corrected chi connectivity index (χ2v) is 6.01. The molecule has 1 aromatic carbocycles. The van der Waals surface area contributed by atoms with Gasteiger partial charge in [-0.25, -0.2) is 0 Å². The SMILES string of the molecule is CSCC[C@H](N)C(=O)Nc1ccc(OC(C)C)c(C)c1.Cl. The third-order valence-corrected chi connectivity index (χ3v) is 3.42. The smallest absolute Gasteiger partial charge is 0.241 e. The van der Waals surface area contributed by atoms with Gasteiger partial charge in [0.1, 0.15) is 5.75 Å². The predicted octanol–water partition coefficient (Wildman–Crippen LogP) is 3.22. The number of hydrogen-bond donors (Lipinski definition) is 2. The number of thioether (sulfide) groups is 1. The van der Waals surface area contributed by atoms with Crippen molar-refractivity contribution in [1.82, 2.24) is 0 Å². The van der Waals surface area contributed by atoms with Gasteiger partial charge in [-0.3, -0.25) is 4.79 Å². The Hall–Kier alpha value is -0.910. The van der Waals surface area contributed by atoms with Crippen LogP contribution in [0.5, 0.6) is 5.75 Å². The summed E-state index contributed by atoms with van der Waals surface area (Å²) in [7, 11) is 0. The van der Waals surface area contributed by atoms with Crippen LogP contribution in [-0.2, 0) is 4.79 Å². The molecule has 0 aliphatic heterocycles. The van der Waals surface area contributed by atoms with Crippen molar-refractivity contribution in [3.05, 3.63) is 23.8 Å². The van der Waals surface area contributed by atoms with E-state index in [4.69, 9.17) is 10.5 Å². The van der Waals surface area contributed by atoms with E-state index >= 15 is 0 Å². The topological polar surface area (TPSA) is 64.4 Å². The summed E-state index contributed by atoms with van der Waals surface area (Å²) in [6, 6.07) is 5.15. The molecule has 0 aromatic heterocycles. The largest absolute Gasteiger partial charge is 0.491 e. The van der Waals surface area contributed by atoms with E-state index in [-0.39, 0.29) is 24.4 Å². The normalized spacial score (nSPS) is 11.7. The number of amides is 1. The van der Waals surface area contributed by atoms with Crippen molar-refractivity contribution in [3.8, 4) is 5.75 Å². The molecule has 0 aliphatic carbocycles. The number of hydrogen-bond acceptors (Lipinski definition) is 4. The van der Waals surface area contributed by atoms with E-state index in [1.54, 1.807) is 11.8 Å². The van der Waals surface area contributed by atoms with Crippen LogP contribution in [0.3, 0.4) is 0 Å². The van der Waals surface area contributed by atoms with Crippen LogP contribution in [0.25, 0.3) is 0 Å². The van der Waals surface area contributed by atoms with E-state index in [0.29, 0.717) is 6.42 Å². The Kier molecular flexibility index (Phi) is 9.49. The van der Waals surface area contributed by atoms with Crippen molar-refractivity contribution in [2.24, 2.45) is 5.73 Å². The summed E-state index contributed by atoms with van der Waals surface area (Å²) in [5.74, 6) is 1.58. The molecule has 21 heavy (non-hydrogen) atoms. The quantitative estimate of drug-likeness (QED) is 0.804. The minimum Gasteiger partial charge on any atom is -0.491 e. The Morgan fingerprint density at radius 1 is 1.43 bits per heavy atom. The zero-order valence-electron chi connectivity index (χ0n) is 13.0. The molecule has 0 unspecified atom stereocenters. The summed E-state index contributed by atoms with van der Waals surface area (Å²) in [4.78, 5) is 11.9. The number of benzene rings is 1. The molecule has 1 atom stereocenters. The maximum absolute atomic E-state index is 11.9. The van der Waals surface area contributed by atoms with Crippen LogP contribution in [0.4, 0.5) is 5.69 Å². The van der Waals surface area contributed by atoms with Gasteiger partial charge in [-0.05, 0) is 63.0 Å². The van der Waals surface area contributed by atoms with Gasteiger partial charge in [0.15, 0.2) is 0 Å². The first-order chi connectivity index (χ1) is 9.43. The maximum atomic E-state index is 11.9. The molecule has 0 saturated carbocycles. The lowest BCUT2D eigenvalue weighted by Gasteiger charge is -2.15. The van der Waals surface area contributed by atoms with Gasteiger partial charge in [-0.15, -0.1) is 12.4 Å². The van der Waals surface area contributed by atoms with Crippen LogP contribution in [-0.4, -0.2) is 30.1 Å². The highest BCUT2D eigenvalue weighted by atomic mass is 35.5. The molecule has 0 fully saturated rings. The molecule has 0 aliphatic rings. The Balaban J connectivity index is 0.00000400. The lowest BCUT2D eigenvalue weighted by Crippen LogP contribution is -2.36. The van der Waals surface area contributed by atoms with Crippen molar-refractivity contribution >= 4 is 35.8 Å². The minimum atomic E-state index is -0.464. The standard InChI is InChI=1S/C15H24N2O2S.ClH/c1-10(2)19-14-6-5-12(9-11(14)3)17-15(18)13(16)7-8-20-4;/h5-6,9-10,13H,7-8,16H2,1-4H3,(H,17,18);1H/t13-;/m0./s1. The van der Waals surface area contributed by atoms with E-state index in [1.807, 2.05) is 45.2 Å². The number of rotatable bonds is 7. The number of ether oxygens (including phenoxy) is 1. The molecule has 0 saturated heterocycles. The van der Waals surface area contributed by atoms with Gasteiger partial charge < -0.3 is 15.8 Å². The zero-order valence-corrected chi connectivity index (χ0v) is 14.6. The highest BCUT2D eigenvalue weighted by molar-refractivity contribution is 7.98. The summed E-state index contributed by atoms with van der Waals surface area (Å²) in [6.07, 6.45) is 2.82. The van der Waals surface area contributed by atoms with Crippen molar-refractivity contribution in [1.29, 1.82) is 0 Å². The van der Waals surface area contributed by atoms with Gasteiger partial charge in [0.2, 0.25) is 5.91 Å². The molecule has 1 amide bonds. The third kappa shape index (κ3) is 7.07. The Labute approximate surface area is 137 Å². The zero-order chi connectivity index (χ0) is 15.1. The number of aryl methyl sites for hydroxylation is 1. The Bertz CT molecular complexity index is 455. The van der Waals surface area contributed by atoms with Crippen LogP contribution in [0.2, 0.25) is 0 Å². The first kappa shape index (κ1) is 20.1. The number of halogens is 1. The predicted molar refractivity (Wildman–Crippen MR) is 93.8 cm³/mol. The van der Waals surface area contributed by atoms with E-state index in [1.165, 1.54) is 0 Å². The molecule has 0 radical (unpaired) electrons. The van der Waals surface area contributed by atoms with Crippen LogP contribution < -0.4 is 15.8 Å². The summed E-state index contributed by atoms with van der Waals surface area (Å²) in [5, 5.41) is 2.84. The minimum absolute atomic E-state index is 0. The van der Waals surface area contributed by atoms with Crippen molar-refractivity contribution < 1.29 is 9.53 Å². The molecule has 0 spiro atoms. The average molecular weight is 333 g/mol. The van der Waals surface area contributed by atoms with Gasteiger partial charge in [-0.1, -0.05) is 0 Å². The van der Waals surface area contributed by atoms with Gasteiger partial charge in [0.25, 0.3) is 0 Å². The summed E-state index contributed by atoms with van der Waals surface area (Å²) in [5.41, 5.74) is 7.58. The van der Waals surface area contributed by atoms with Crippen molar-refractivity contribution in [2.75, 3.05) is 17.3 Å². The van der Waals surface area contributed by atoms with Gasteiger partial charge in [0.05, 0.1) is 12.1 Å². The summed E-state index contributed by atoms with van der Waals surface area (Å²) < 4.78 is 5.67. The molecule has 0 heterocycles. The van der Waals surface area contributed by atoms with E-state index in [9.17, 15) is 4.79 Å². The third-order valence-electron chi connectivity index (χ3n) is 2.77. The van der Waals surface area contributed by atoms with Gasteiger partial charge >= 0.3 is 0 Å². The van der Waals surface area contributed by atoms with Gasteiger partial charge in [0, 0.05) is 5.69 Å². The Morgan fingerprint density at radius 3 is 2.62 bits per heavy atom. The van der Waals surface area contributed by atoms with Crippen LogP contribution in [0.1, 0.15) is 25.8 Å². The summed E-state index contributed by atoms with van der Waals surface area (Å²) in [6.45, 7) is 5.93. The lowest BCUT2D eigenvalue weighted by molar-refractivity contribution is -0.117. The van der Waals surface area contributed by atoms with Gasteiger partial charge in [-0.2, -0.15) is 11.8 Å². The van der Waals surface area contributed by atoms with Crippen LogP contribution in [0.15, 0.2) is 18.2 Å². The first-order valence-electron chi connectivity index (χ1n) is 6.76. The monoisotopic (exact) mass is 332 g/mol. The number of nitrogens with two attached hydrogens (primary N) is 1. The fourth-order valence-corrected chi connectivity index (χ4v) is 2.21. The molecule has 3 N–H and O–H groups in total. The first-order valence-corrected chi connectivity index (χ1v) is 8.16. The lowest BCUT2D eigenvalue weighted by atomic mass is 10.1. The average Bonchev–Trinajstić information content (AvgIpc) is 2.38. The van der Waals surface area contributed by atoms with Crippen molar-refractivity contribution in [3.63, 3.8) is 0 Å². The van der Waals surface area contributed by atoms with E-state index < -0.39 is 6.04 Å². The molecule has 0 bridgehead atoms. The summed E-state index contributed by atoms with van der Waals surface area (Å²) >= 11 is 1.69.